The SMILES string of the molecule is Cc1cc(NN)nc2ccc(O)cc12. The molecule has 0 amide bonds. The minimum absolute atomic E-state index is 0.246. The maximum atomic E-state index is 9.31. The Hall–Kier alpha value is -1.81. The van der Waals surface area contributed by atoms with E-state index in [0.717, 1.165) is 16.5 Å². The first-order valence-electron chi connectivity index (χ1n) is 4.27. The number of phenols is 1. The van der Waals surface area contributed by atoms with Crippen LogP contribution >= 0.6 is 0 Å². The van der Waals surface area contributed by atoms with Crippen molar-refractivity contribution in [3.05, 3.63) is 29.8 Å². The van der Waals surface area contributed by atoms with Crippen molar-refractivity contribution in [1.82, 2.24) is 4.98 Å². The molecule has 0 aliphatic heterocycles. The molecule has 0 saturated carbocycles. The molecule has 2 rings (SSSR count). The van der Waals surface area contributed by atoms with Crippen LogP contribution in [0.4, 0.5) is 5.82 Å². The van der Waals surface area contributed by atoms with Crippen molar-refractivity contribution in [2.24, 2.45) is 5.84 Å². The normalized spacial score (nSPS) is 10.4. The fourth-order valence-electron chi connectivity index (χ4n) is 1.46. The topological polar surface area (TPSA) is 71.2 Å². The van der Waals surface area contributed by atoms with Crippen molar-refractivity contribution < 1.29 is 5.11 Å². The molecule has 0 bridgehead atoms. The number of rotatable bonds is 1. The number of nitrogens with two attached hydrogens (primary N) is 1. The second kappa shape index (κ2) is 3.16. The van der Waals surface area contributed by atoms with Crippen LogP contribution in [0, 0.1) is 6.92 Å². The number of aromatic nitrogens is 1. The minimum Gasteiger partial charge on any atom is -0.508 e. The lowest BCUT2D eigenvalue weighted by Gasteiger charge is -2.05. The van der Waals surface area contributed by atoms with E-state index < -0.39 is 0 Å². The molecule has 1 heterocycles. The van der Waals surface area contributed by atoms with Crippen molar-refractivity contribution in [3.63, 3.8) is 0 Å². The number of aromatic hydroxyl groups is 1. The molecule has 0 aliphatic carbocycles. The number of anilines is 1. The maximum Gasteiger partial charge on any atom is 0.140 e. The Morgan fingerprint density at radius 1 is 1.36 bits per heavy atom. The van der Waals surface area contributed by atoms with Crippen LogP contribution in [0.5, 0.6) is 5.75 Å². The number of benzene rings is 1. The quantitative estimate of drug-likeness (QED) is 0.470. The highest BCUT2D eigenvalue weighted by molar-refractivity contribution is 5.85. The summed E-state index contributed by atoms with van der Waals surface area (Å²) in [5.41, 5.74) is 4.34. The Morgan fingerprint density at radius 2 is 2.14 bits per heavy atom. The van der Waals surface area contributed by atoms with E-state index in [1.54, 1.807) is 18.2 Å². The monoisotopic (exact) mass is 189 g/mol. The van der Waals surface area contributed by atoms with Crippen molar-refractivity contribution in [3.8, 4) is 5.75 Å². The van der Waals surface area contributed by atoms with E-state index in [-0.39, 0.29) is 5.75 Å². The number of hydrazine groups is 1. The Morgan fingerprint density at radius 3 is 2.86 bits per heavy atom. The largest absolute Gasteiger partial charge is 0.508 e. The summed E-state index contributed by atoms with van der Waals surface area (Å²) in [7, 11) is 0. The van der Waals surface area contributed by atoms with Crippen LogP contribution < -0.4 is 11.3 Å². The average Bonchev–Trinajstić information content (AvgIpc) is 2.19. The van der Waals surface area contributed by atoms with Crippen molar-refractivity contribution >= 4 is 16.7 Å². The number of hydrogen-bond acceptors (Lipinski definition) is 4. The summed E-state index contributed by atoms with van der Waals surface area (Å²) in [4.78, 5) is 4.25. The summed E-state index contributed by atoms with van der Waals surface area (Å²) < 4.78 is 0. The molecule has 1 aromatic heterocycles. The highest BCUT2D eigenvalue weighted by Gasteiger charge is 2.02. The summed E-state index contributed by atoms with van der Waals surface area (Å²) >= 11 is 0. The number of nitrogens with zero attached hydrogens (tertiary/aromatic N) is 1. The van der Waals surface area contributed by atoms with E-state index in [2.05, 4.69) is 10.4 Å². The van der Waals surface area contributed by atoms with Crippen LogP contribution in [-0.2, 0) is 0 Å². The molecule has 0 saturated heterocycles. The second-order valence-corrected chi connectivity index (χ2v) is 3.17. The van der Waals surface area contributed by atoms with Gasteiger partial charge < -0.3 is 10.5 Å². The number of nitrogen functional groups attached to an aromatic ring is 1. The van der Waals surface area contributed by atoms with Crippen LogP contribution in [0.25, 0.3) is 10.9 Å². The molecule has 0 fully saturated rings. The standard InChI is InChI=1S/C10H11N3O/c1-6-4-10(13-11)12-9-3-2-7(14)5-8(6)9/h2-5,14H,11H2,1H3,(H,12,13). The summed E-state index contributed by atoms with van der Waals surface area (Å²) in [6.07, 6.45) is 0. The van der Waals surface area contributed by atoms with Crippen LogP contribution in [0.15, 0.2) is 24.3 Å². The first-order chi connectivity index (χ1) is 6.70. The van der Waals surface area contributed by atoms with Gasteiger partial charge in [-0.15, -0.1) is 0 Å². The smallest absolute Gasteiger partial charge is 0.140 e. The first-order valence-corrected chi connectivity index (χ1v) is 4.27. The molecular formula is C10H11N3O. The van der Waals surface area contributed by atoms with Gasteiger partial charge in [-0.2, -0.15) is 0 Å². The van der Waals surface area contributed by atoms with Crippen molar-refractivity contribution in [1.29, 1.82) is 0 Å². The predicted octanol–water partition coefficient (Wildman–Crippen LogP) is 1.53. The molecule has 0 unspecified atom stereocenters. The molecule has 4 nitrogen and oxygen atoms in total. The first kappa shape index (κ1) is 8.77. The number of pyridine rings is 1. The molecule has 72 valence electrons. The fraction of sp³-hybridized carbons (Fsp3) is 0.100. The van der Waals surface area contributed by atoms with Gasteiger partial charge in [-0.3, -0.25) is 0 Å². The number of phenolic OH excluding ortho intramolecular Hbond substituents is 1. The Kier molecular flexibility index (Phi) is 1.98. The van der Waals surface area contributed by atoms with E-state index in [1.165, 1.54) is 0 Å². The number of nitrogens with one attached hydrogen (secondary N) is 1. The zero-order chi connectivity index (χ0) is 10.1. The molecule has 0 atom stereocenters. The molecule has 2 aromatic rings. The third-order valence-electron chi connectivity index (χ3n) is 2.15. The van der Waals surface area contributed by atoms with Gasteiger partial charge in [0.15, 0.2) is 0 Å². The summed E-state index contributed by atoms with van der Waals surface area (Å²) in [6.45, 7) is 1.95. The second-order valence-electron chi connectivity index (χ2n) is 3.17. The summed E-state index contributed by atoms with van der Waals surface area (Å²) in [5, 5.41) is 10.2. The van der Waals surface area contributed by atoms with Gasteiger partial charge in [-0.1, -0.05) is 0 Å². The lowest BCUT2D eigenvalue weighted by Crippen LogP contribution is -2.08. The number of hydrogen-bond donors (Lipinski definition) is 3. The van der Waals surface area contributed by atoms with Gasteiger partial charge in [0, 0.05) is 5.39 Å². The molecule has 0 aliphatic rings. The average molecular weight is 189 g/mol. The van der Waals surface area contributed by atoms with E-state index in [4.69, 9.17) is 5.84 Å². The van der Waals surface area contributed by atoms with Gasteiger partial charge in [-0.25, -0.2) is 10.8 Å². The van der Waals surface area contributed by atoms with E-state index in [9.17, 15) is 5.11 Å². The maximum absolute atomic E-state index is 9.31. The van der Waals surface area contributed by atoms with Gasteiger partial charge in [0.1, 0.15) is 11.6 Å². The fourth-order valence-corrected chi connectivity index (χ4v) is 1.46. The molecule has 0 radical (unpaired) electrons. The van der Waals surface area contributed by atoms with E-state index in [1.807, 2.05) is 13.0 Å². The minimum atomic E-state index is 0.246. The molecule has 1 aromatic carbocycles. The molecule has 4 heteroatoms. The molecule has 0 spiro atoms. The Balaban J connectivity index is 2.76. The predicted molar refractivity (Wildman–Crippen MR) is 56.0 cm³/mol. The zero-order valence-corrected chi connectivity index (χ0v) is 7.78. The highest BCUT2D eigenvalue weighted by atomic mass is 16.3. The Bertz CT molecular complexity index is 482. The third-order valence-corrected chi connectivity index (χ3v) is 2.15. The third kappa shape index (κ3) is 1.36. The van der Waals surface area contributed by atoms with Gasteiger partial charge in [0.25, 0.3) is 0 Å². The van der Waals surface area contributed by atoms with Gasteiger partial charge >= 0.3 is 0 Å². The number of aryl methyl sites for hydroxylation is 1. The van der Waals surface area contributed by atoms with E-state index >= 15 is 0 Å². The van der Waals surface area contributed by atoms with Crippen molar-refractivity contribution in [2.75, 3.05) is 5.43 Å². The highest BCUT2D eigenvalue weighted by Crippen LogP contribution is 2.23. The summed E-state index contributed by atoms with van der Waals surface area (Å²) in [5.74, 6) is 6.15. The lowest BCUT2D eigenvalue weighted by molar-refractivity contribution is 0.476. The molecule has 14 heavy (non-hydrogen) atoms. The van der Waals surface area contributed by atoms with Gasteiger partial charge in [0.2, 0.25) is 0 Å². The van der Waals surface area contributed by atoms with Crippen LogP contribution in [0.1, 0.15) is 5.56 Å². The Labute approximate surface area is 81.4 Å². The lowest BCUT2D eigenvalue weighted by atomic mass is 10.1. The van der Waals surface area contributed by atoms with Crippen molar-refractivity contribution in [2.45, 2.75) is 6.92 Å². The number of fused-ring (bicyclic) bond motifs is 1. The van der Waals surface area contributed by atoms with Crippen LogP contribution in [0.2, 0.25) is 0 Å². The molecule has 4 N–H and O–H groups in total. The van der Waals surface area contributed by atoms with E-state index in [0.29, 0.717) is 5.82 Å². The van der Waals surface area contributed by atoms with Gasteiger partial charge in [0.05, 0.1) is 5.52 Å². The van der Waals surface area contributed by atoms with Crippen LogP contribution in [0.3, 0.4) is 0 Å². The molecular weight excluding hydrogens is 178 g/mol. The zero-order valence-electron chi connectivity index (χ0n) is 7.78. The van der Waals surface area contributed by atoms with Gasteiger partial charge in [-0.05, 0) is 36.8 Å². The van der Waals surface area contributed by atoms with Crippen LogP contribution in [-0.4, -0.2) is 10.1 Å². The summed E-state index contributed by atoms with van der Waals surface area (Å²) in [6, 6.07) is 6.90.